The average molecular weight is 426 g/mol. The lowest BCUT2D eigenvalue weighted by Crippen LogP contribution is -2.25. The van der Waals surface area contributed by atoms with Gasteiger partial charge in [0.05, 0.1) is 15.6 Å². The molecule has 0 radical (unpaired) electrons. The van der Waals surface area contributed by atoms with E-state index < -0.39 is 11.9 Å². The minimum Gasteiger partial charge on any atom is -0.481 e. The van der Waals surface area contributed by atoms with Crippen molar-refractivity contribution >= 4 is 32.4 Å². The van der Waals surface area contributed by atoms with Gasteiger partial charge in [0.15, 0.2) is 0 Å². The van der Waals surface area contributed by atoms with Crippen LogP contribution in [0.3, 0.4) is 0 Å². The molecule has 2 rings (SSSR count). The van der Waals surface area contributed by atoms with Gasteiger partial charge in [-0.3, -0.25) is 18.8 Å². The second-order valence-electron chi connectivity index (χ2n) is 6.31. The van der Waals surface area contributed by atoms with Crippen LogP contribution in [0.25, 0.3) is 0 Å². The molecule has 1 unspecified atom stereocenters. The lowest BCUT2D eigenvalue weighted by Gasteiger charge is -2.16. The van der Waals surface area contributed by atoms with Crippen LogP contribution in [-0.4, -0.2) is 36.1 Å². The van der Waals surface area contributed by atoms with E-state index in [2.05, 4.69) is 10.4 Å². The fourth-order valence-corrected chi connectivity index (χ4v) is 3.31. The van der Waals surface area contributed by atoms with Gasteiger partial charge in [-0.25, -0.2) is 0 Å². The molecule has 0 saturated carbocycles. The van der Waals surface area contributed by atoms with E-state index in [1.807, 2.05) is 17.8 Å². The molecule has 0 fully saturated rings. The maximum atomic E-state index is 12.3. The van der Waals surface area contributed by atoms with Crippen LogP contribution in [0.2, 0.25) is 0 Å². The Kier molecular flexibility index (Phi) is 10.7. The number of nitrogens with zero attached hydrogens (tertiary/aromatic N) is 1. The summed E-state index contributed by atoms with van der Waals surface area (Å²) in [6.07, 6.45) is 4.85. The summed E-state index contributed by atoms with van der Waals surface area (Å²) in [5.74, 6) is -1.64. The fraction of sp³-hybridized carbons (Fsp3) is 0.421. The number of amides is 2. The molecular weight excluding hydrogens is 398 g/mol. The van der Waals surface area contributed by atoms with Crippen molar-refractivity contribution in [3.8, 4) is 0 Å². The van der Waals surface area contributed by atoms with Crippen molar-refractivity contribution in [3.05, 3.63) is 41.2 Å². The van der Waals surface area contributed by atoms with Crippen LogP contribution in [0.5, 0.6) is 0 Å². The molecule has 0 bridgehead atoms. The minimum absolute atomic E-state index is 0.227. The number of carboxylic acids is 1. The van der Waals surface area contributed by atoms with E-state index in [-0.39, 0.29) is 27.0 Å². The summed E-state index contributed by atoms with van der Waals surface area (Å²) in [7, 11) is 0.234. The summed E-state index contributed by atoms with van der Waals surface area (Å²) in [4.78, 5) is 32.9. The quantitative estimate of drug-likeness (QED) is 0.355. The molecule has 2 amide bonds. The molecule has 8 nitrogen and oxygen atoms in total. The first kappa shape index (κ1) is 24.4. The number of alkyl halides is 1. The molecule has 0 aliphatic carbocycles. The number of benzene rings is 1. The van der Waals surface area contributed by atoms with Crippen LogP contribution in [0.4, 0.5) is 10.1 Å². The van der Waals surface area contributed by atoms with Crippen molar-refractivity contribution in [3.63, 3.8) is 0 Å². The first-order valence-corrected chi connectivity index (χ1v) is 10.2. The number of primary amides is 1. The number of anilines is 1. The van der Waals surface area contributed by atoms with E-state index in [1.165, 1.54) is 6.07 Å². The van der Waals surface area contributed by atoms with Gasteiger partial charge in [-0.1, -0.05) is 13.3 Å². The van der Waals surface area contributed by atoms with Crippen LogP contribution < -0.4 is 20.8 Å². The van der Waals surface area contributed by atoms with Crippen molar-refractivity contribution < 1.29 is 23.9 Å². The van der Waals surface area contributed by atoms with Crippen LogP contribution in [0.1, 0.15) is 60.2 Å². The molecule has 0 spiro atoms. The number of nitrogens with two attached hydrogens (primary N) is 1. The van der Waals surface area contributed by atoms with Crippen LogP contribution in [-0.2, 0) is 4.79 Å². The number of carbonyl (C=O) groups excluding carboxylic acids is 2. The van der Waals surface area contributed by atoms with Gasteiger partial charge in [0.25, 0.3) is 11.9 Å². The van der Waals surface area contributed by atoms with Crippen LogP contribution >= 0.6 is 8.88 Å². The third kappa shape index (κ3) is 8.91. The Morgan fingerprint density at radius 3 is 2.48 bits per heavy atom. The van der Waals surface area contributed by atoms with Crippen molar-refractivity contribution in [2.45, 2.75) is 39.5 Å². The molecule has 1 aliphatic heterocycles. The molecule has 1 heterocycles. The van der Waals surface area contributed by atoms with E-state index in [9.17, 15) is 14.0 Å². The Morgan fingerprint density at radius 1 is 1.24 bits per heavy atom. The molecule has 160 valence electrons. The van der Waals surface area contributed by atoms with Crippen molar-refractivity contribution in [2.24, 2.45) is 5.73 Å². The second kappa shape index (κ2) is 12.7. The molecule has 10 heteroatoms. The molecular formula is C19H28FN4O4P. The zero-order chi connectivity index (χ0) is 21.8. The minimum atomic E-state index is -0.833. The summed E-state index contributed by atoms with van der Waals surface area (Å²) in [6, 6.07) is 4.90. The molecule has 29 heavy (non-hydrogen) atoms. The van der Waals surface area contributed by atoms with Gasteiger partial charge < -0.3 is 25.9 Å². The van der Waals surface area contributed by atoms with E-state index in [0.717, 1.165) is 25.5 Å². The van der Waals surface area contributed by atoms with Gasteiger partial charge >= 0.3 is 0 Å². The Morgan fingerprint density at radius 2 is 1.90 bits per heavy atom. The number of halogens is 1. The first-order chi connectivity index (χ1) is 13.8. The third-order valence-corrected chi connectivity index (χ3v) is 4.82. The van der Waals surface area contributed by atoms with Crippen molar-refractivity contribution in [1.29, 1.82) is 0 Å². The summed E-state index contributed by atoms with van der Waals surface area (Å²) in [5.41, 5.74) is 7.74. The van der Waals surface area contributed by atoms with Crippen molar-refractivity contribution in [2.75, 3.05) is 17.9 Å². The highest BCUT2D eigenvalue weighted by Crippen LogP contribution is 2.34. The Hall–Kier alpha value is -2.67. The molecule has 1 atom stereocenters. The largest absolute Gasteiger partial charge is 0.481 e. The number of unbranched alkanes of at least 4 members (excludes halogenated alkanes) is 1. The maximum Gasteiger partial charge on any atom is 0.300 e. The first-order valence-electron chi connectivity index (χ1n) is 9.28. The van der Waals surface area contributed by atoms with Gasteiger partial charge in [0.2, 0.25) is 5.91 Å². The van der Waals surface area contributed by atoms with Gasteiger partial charge in [-0.2, -0.15) is 0 Å². The lowest BCUT2D eigenvalue weighted by atomic mass is 10.1. The molecule has 1 aromatic carbocycles. The maximum absolute atomic E-state index is 12.3. The fourth-order valence-electron chi connectivity index (χ4n) is 2.38. The molecule has 0 aromatic heterocycles. The zero-order valence-electron chi connectivity index (χ0n) is 16.6. The number of carboxylic acid groups (broad SMARTS) is 1. The number of allylic oxidation sites excluding steroid dienone is 1. The Balaban J connectivity index is 0.000000960. The second-order valence-corrected chi connectivity index (χ2v) is 7.27. The summed E-state index contributed by atoms with van der Waals surface area (Å²) in [5, 5.41) is 13.5. The Bertz CT molecular complexity index is 754. The highest BCUT2D eigenvalue weighted by Gasteiger charge is 2.18. The number of aliphatic carboxylic acids is 1. The smallest absolute Gasteiger partial charge is 0.300 e. The highest BCUT2D eigenvalue weighted by molar-refractivity contribution is 7.38. The van der Waals surface area contributed by atoms with Crippen molar-refractivity contribution in [1.82, 2.24) is 10.4 Å². The predicted molar refractivity (Wildman–Crippen MR) is 113 cm³/mol. The van der Waals surface area contributed by atoms with Crippen LogP contribution in [0, 0.1) is 0 Å². The molecule has 0 saturated heterocycles. The van der Waals surface area contributed by atoms with Gasteiger partial charge in [0, 0.05) is 42.2 Å². The third-order valence-electron chi connectivity index (χ3n) is 3.76. The van der Waals surface area contributed by atoms with Gasteiger partial charge in [-0.15, -0.1) is 0 Å². The number of rotatable bonds is 9. The lowest BCUT2D eigenvalue weighted by molar-refractivity contribution is -0.134. The molecule has 1 aliphatic rings. The topological polar surface area (TPSA) is 125 Å². The Labute approximate surface area is 171 Å². The predicted octanol–water partition coefficient (Wildman–Crippen LogP) is 2.92. The van der Waals surface area contributed by atoms with E-state index in [4.69, 9.17) is 15.6 Å². The molecule has 5 N–H and O–H groups in total. The molecule has 1 aromatic rings. The summed E-state index contributed by atoms with van der Waals surface area (Å²) < 4.78 is 14.2. The van der Waals surface area contributed by atoms with Gasteiger partial charge in [0.1, 0.15) is 0 Å². The normalized spacial score (nSPS) is 13.2. The van der Waals surface area contributed by atoms with E-state index >= 15 is 0 Å². The number of carbonyl (C=O) groups is 3. The van der Waals surface area contributed by atoms with E-state index in [0.29, 0.717) is 30.6 Å². The van der Waals surface area contributed by atoms with Crippen LogP contribution in [0.15, 0.2) is 30.1 Å². The summed E-state index contributed by atoms with van der Waals surface area (Å²) in [6.45, 7) is 3.36. The number of hydrogen-bond acceptors (Lipinski definition) is 5. The standard InChI is InChI=1S/C17H24FN4O2P.C2H4O2/c1-2-3-7-20-17(24)13-8-12(16(19)23)9-15(10-13)22-11-14(21-25-22)5-4-6-18;1-2(3)4/h8-11,21,25H,2-7H2,1H3,(H2,19,23)(H,20,24);1H3,(H,3,4). The summed E-state index contributed by atoms with van der Waals surface area (Å²) >= 11 is 0. The van der Waals surface area contributed by atoms with E-state index in [1.54, 1.807) is 12.1 Å². The highest BCUT2D eigenvalue weighted by atomic mass is 31.1. The zero-order valence-corrected chi connectivity index (χ0v) is 17.6. The number of nitrogens with one attached hydrogen (secondary N) is 2. The average Bonchev–Trinajstić information content (AvgIpc) is 3.14. The number of hydrogen-bond donors (Lipinski definition) is 4. The SMILES string of the molecule is CC(=O)O.CCCCNC(=O)c1cc(C(N)=O)cc(N2C=C(CCCF)NP2)c1. The van der Waals surface area contributed by atoms with Gasteiger partial charge in [-0.05, 0) is 37.5 Å². The monoisotopic (exact) mass is 426 g/mol.